The molecule has 0 aliphatic heterocycles. The first-order valence-electron chi connectivity index (χ1n) is 4.96. The molecule has 1 saturated carbocycles. The molecule has 0 heterocycles. The molecule has 6 heteroatoms. The lowest BCUT2D eigenvalue weighted by Crippen LogP contribution is -2.33. The average molecular weight is 246 g/mol. The van der Waals surface area contributed by atoms with Crippen LogP contribution in [0.25, 0.3) is 0 Å². The zero-order valence-electron chi connectivity index (χ0n) is 8.66. The first-order chi connectivity index (χ1) is 7.92. The van der Waals surface area contributed by atoms with Crippen LogP contribution in [0.15, 0.2) is 24.3 Å². The molecule has 2 rings (SSSR count). The second kappa shape index (κ2) is 4.27. The van der Waals surface area contributed by atoms with Gasteiger partial charge in [0.2, 0.25) is 0 Å². The van der Waals surface area contributed by atoms with E-state index in [2.05, 4.69) is 4.74 Å². The van der Waals surface area contributed by atoms with Gasteiger partial charge in [0.05, 0.1) is 0 Å². The summed E-state index contributed by atoms with van der Waals surface area (Å²) in [5.74, 6) is 0.263. The van der Waals surface area contributed by atoms with Crippen molar-refractivity contribution in [2.45, 2.75) is 25.3 Å². The summed E-state index contributed by atoms with van der Waals surface area (Å²) in [6.45, 7) is 0. The number of ether oxygens (including phenoxy) is 2. The summed E-state index contributed by atoms with van der Waals surface area (Å²) in [4.78, 5) is 10.7. The standard InChI is InChI=1S/C11H9F3O3/c12-11(13,14)17-9-3-1-8(2-4-9)16-10-5-7(15)6-10/h1-4,10H,5-6H2. The molecule has 0 amide bonds. The smallest absolute Gasteiger partial charge is 0.490 e. The number of rotatable bonds is 3. The Morgan fingerprint density at radius 3 is 2.06 bits per heavy atom. The van der Waals surface area contributed by atoms with Gasteiger partial charge in [0, 0.05) is 12.8 Å². The van der Waals surface area contributed by atoms with E-state index in [9.17, 15) is 18.0 Å². The predicted molar refractivity (Wildman–Crippen MR) is 51.8 cm³/mol. The van der Waals surface area contributed by atoms with Gasteiger partial charge in [-0.05, 0) is 24.3 Å². The number of carbonyl (C=O) groups excluding carboxylic acids is 1. The quantitative estimate of drug-likeness (QED) is 0.822. The molecule has 0 radical (unpaired) electrons. The van der Waals surface area contributed by atoms with Crippen LogP contribution in [0, 0.1) is 0 Å². The van der Waals surface area contributed by atoms with Gasteiger partial charge in [-0.2, -0.15) is 0 Å². The molecule has 92 valence electrons. The van der Waals surface area contributed by atoms with Crippen molar-refractivity contribution in [3.05, 3.63) is 24.3 Å². The molecule has 1 aliphatic rings. The Hall–Kier alpha value is -1.72. The van der Waals surface area contributed by atoms with Crippen molar-refractivity contribution in [3.63, 3.8) is 0 Å². The summed E-state index contributed by atoms with van der Waals surface area (Å²) in [6, 6.07) is 5.10. The van der Waals surface area contributed by atoms with E-state index in [0.717, 1.165) is 0 Å². The number of benzene rings is 1. The van der Waals surface area contributed by atoms with Gasteiger partial charge in [0.1, 0.15) is 23.4 Å². The lowest BCUT2D eigenvalue weighted by atomic mass is 9.94. The number of halogens is 3. The Kier molecular flexibility index (Phi) is 2.95. The summed E-state index contributed by atoms with van der Waals surface area (Å²) in [5, 5.41) is 0. The van der Waals surface area contributed by atoms with Gasteiger partial charge in [-0.15, -0.1) is 13.2 Å². The fourth-order valence-electron chi connectivity index (χ4n) is 1.44. The molecule has 1 aromatic carbocycles. The highest BCUT2D eigenvalue weighted by atomic mass is 19.4. The predicted octanol–water partition coefficient (Wildman–Crippen LogP) is 2.70. The zero-order chi connectivity index (χ0) is 12.5. The van der Waals surface area contributed by atoms with E-state index in [-0.39, 0.29) is 17.6 Å². The first kappa shape index (κ1) is 11.8. The van der Waals surface area contributed by atoms with E-state index >= 15 is 0 Å². The number of hydrogen-bond acceptors (Lipinski definition) is 3. The Morgan fingerprint density at radius 1 is 1.06 bits per heavy atom. The lowest BCUT2D eigenvalue weighted by molar-refractivity contribution is -0.274. The third kappa shape index (κ3) is 3.37. The van der Waals surface area contributed by atoms with Gasteiger partial charge in [-0.3, -0.25) is 4.79 Å². The van der Waals surface area contributed by atoms with Crippen LogP contribution in [0.3, 0.4) is 0 Å². The van der Waals surface area contributed by atoms with E-state index in [1.807, 2.05) is 0 Å². The highest BCUT2D eigenvalue weighted by molar-refractivity contribution is 5.85. The minimum absolute atomic E-state index is 0.132. The van der Waals surface area contributed by atoms with E-state index < -0.39 is 6.36 Å². The van der Waals surface area contributed by atoms with Crippen LogP contribution < -0.4 is 9.47 Å². The van der Waals surface area contributed by atoms with E-state index in [1.54, 1.807) is 0 Å². The molecule has 0 bridgehead atoms. The maximum atomic E-state index is 11.9. The van der Waals surface area contributed by atoms with Gasteiger partial charge < -0.3 is 9.47 Å². The minimum Gasteiger partial charge on any atom is -0.490 e. The summed E-state index contributed by atoms with van der Waals surface area (Å²) < 4.78 is 44.7. The Balaban J connectivity index is 1.91. The van der Waals surface area contributed by atoms with Crippen molar-refractivity contribution >= 4 is 5.78 Å². The topological polar surface area (TPSA) is 35.5 Å². The van der Waals surface area contributed by atoms with Gasteiger partial charge in [-0.25, -0.2) is 0 Å². The summed E-state index contributed by atoms with van der Waals surface area (Å²) in [6.07, 6.45) is -4.12. The van der Waals surface area contributed by atoms with E-state index in [1.165, 1.54) is 24.3 Å². The van der Waals surface area contributed by atoms with Crippen LogP contribution in [0.4, 0.5) is 13.2 Å². The fourth-order valence-corrected chi connectivity index (χ4v) is 1.44. The number of ketones is 1. The maximum absolute atomic E-state index is 11.9. The minimum atomic E-state index is -4.69. The molecule has 1 aromatic rings. The molecule has 0 atom stereocenters. The summed E-state index contributed by atoms with van der Waals surface area (Å²) in [7, 11) is 0. The highest BCUT2D eigenvalue weighted by Gasteiger charge is 2.31. The highest BCUT2D eigenvalue weighted by Crippen LogP contribution is 2.27. The summed E-state index contributed by atoms with van der Waals surface area (Å²) >= 11 is 0. The normalized spacial score (nSPS) is 16.5. The first-order valence-corrected chi connectivity index (χ1v) is 4.96. The van der Waals surface area contributed by atoms with Crippen molar-refractivity contribution < 1.29 is 27.4 Å². The van der Waals surface area contributed by atoms with Crippen molar-refractivity contribution in [3.8, 4) is 11.5 Å². The van der Waals surface area contributed by atoms with Crippen LogP contribution in [-0.2, 0) is 4.79 Å². The third-order valence-corrected chi connectivity index (χ3v) is 2.27. The van der Waals surface area contributed by atoms with Gasteiger partial charge in [-0.1, -0.05) is 0 Å². The van der Waals surface area contributed by atoms with Crippen LogP contribution in [-0.4, -0.2) is 18.2 Å². The monoisotopic (exact) mass is 246 g/mol. The molecule has 0 spiro atoms. The third-order valence-electron chi connectivity index (χ3n) is 2.27. The van der Waals surface area contributed by atoms with Crippen LogP contribution in [0.5, 0.6) is 11.5 Å². The number of hydrogen-bond donors (Lipinski definition) is 0. The SMILES string of the molecule is O=C1CC(Oc2ccc(OC(F)(F)F)cc2)C1. The molecular formula is C11H9F3O3. The number of alkyl halides is 3. The Labute approximate surface area is 95.1 Å². The van der Waals surface area contributed by atoms with Gasteiger partial charge >= 0.3 is 6.36 Å². The van der Waals surface area contributed by atoms with Crippen LogP contribution >= 0.6 is 0 Å². The lowest BCUT2D eigenvalue weighted by Gasteiger charge is -2.25. The second-order valence-electron chi connectivity index (χ2n) is 3.71. The number of carbonyl (C=O) groups is 1. The molecule has 3 nitrogen and oxygen atoms in total. The molecule has 0 saturated heterocycles. The van der Waals surface area contributed by atoms with Crippen LogP contribution in [0.2, 0.25) is 0 Å². The number of Topliss-reactive ketones (excluding diaryl/α,β-unsaturated/α-hetero) is 1. The Bertz CT molecular complexity index is 403. The van der Waals surface area contributed by atoms with E-state index in [4.69, 9.17) is 4.74 Å². The molecule has 0 unspecified atom stereocenters. The van der Waals surface area contributed by atoms with Crippen molar-refractivity contribution in [2.75, 3.05) is 0 Å². The molecule has 1 aliphatic carbocycles. The average Bonchev–Trinajstić information content (AvgIpc) is 2.16. The van der Waals surface area contributed by atoms with E-state index in [0.29, 0.717) is 18.6 Å². The van der Waals surface area contributed by atoms with Crippen molar-refractivity contribution in [1.82, 2.24) is 0 Å². The molecular weight excluding hydrogens is 237 g/mol. The van der Waals surface area contributed by atoms with Crippen molar-refractivity contribution in [2.24, 2.45) is 0 Å². The second-order valence-corrected chi connectivity index (χ2v) is 3.71. The van der Waals surface area contributed by atoms with Crippen LogP contribution in [0.1, 0.15) is 12.8 Å². The largest absolute Gasteiger partial charge is 0.573 e. The molecule has 17 heavy (non-hydrogen) atoms. The summed E-state index contributed by atoms with van der Waals surface area (Å²) in [5.41, 5.74) is 0. The van der Waals surface area contributed by atoms with Gasteiger partial charge in [0.15, 0.2) is 0 Å². The zero-order valence-corrected chi connectivity index (χ0v) is 8.66. The maximum Gasteiger partial charge on any atom is 0.573 e. The van der Waals surface area contributed by atoms with Crippen molar-refractivity contribution in [1.29, 1.82) is 0 Å². The molecule has 1 fully saturated rings. The molecule has 0 N–H and O–H groups in total. The van der Waals surface area contributed by atoms with Gasteiger partial charge in [0.25, 0.3) is 0 Å². The molecule has 0 aromatic heterocycles. The fraction of sp³-hybridized carbons (Fsp3) is 0.364. The Morgan fingerprint density at radius 2 is 1.59 bits per heavy atom.